The Morgan fingerprint density at radius 1 is 0.975 bits per heavy atom. The maximum atomic E-state index is 13.2. The Hall–Kier alpha value is -3.45. The second-order valence-electron chi connectivity index (χ2n) is 9.58. The van der Waals surface area contributed by atoms with Gasteiger partial charge in [-0.1, -0.05) is 11.6 Å². The van der Waals surface area contributed by atoms with Crippen molar-refractivity contribution in [3.8, 4) is 0 Å². The molecule has 1 fully saturated rings. The molecule has 0 unspecified atom stereocenters. The van der Waals surface area contributed by atoms with Crippen molar-refractivity contribution in [2.75, 3.05) is 41.7 Å². The van der Waals surface area contributed by atoms with Crippen molar-refractivity contribution < 1.29 is 22.8 Å². The number of anilines is 3. The van der Waals surface area contributed by atoms with Gasteiger partial charge in [-0.2, -0.15) is 0 Å². The number of rotatable bonds is 9. The molecule has 0 spiro atoms. The van der Waals surface area contributed by atoms with E-state index < -0.39 is 22.0 Å². The zero-order valence-corrected chi connectivity index (χ0v) is 23.9. The lowest BCUT2D eigenvalue weighted by atomic mass is 9.97. The Kier molecular flexibility index (Phi) is 8.40. The van der Waals surface area contributed by atoms with E-state index in [2.05, 4.69) is 15.5 Å². The number of imide groups is 1. The molecule has 13 heteroatoms. The molecule has 0 atom stereocenters. The minimum Gasteiger partial charge on any atom is -0.385 e. The van der Waals surface area contributed by atoms with Crippen molar-refractivity contribution in [1.29, 1.82) is 0 Å². The van der Waals surface area contributed by atoms with E-state index >= 15 is 0 Å². The number of carbonyl (C=O) groups is 3. The molecule has 2 aliphatic rings. The molecule has 5 rings (SSSR count). The quantitative estimate of drug-likeness (QED) is 0.243. The topological polar surface area (TPSA) is 128 Å². The predicted molar refractivity (Wildman–Crippen MR) is 156 cm³/mol. The summed E-state index contributed by atoms with van der Waals surface area (Å²) in [6.07, 6.45) is 3.65. The number of benzene rings is 2. The van der Waals surface area contributed by atoms with Gasteiger partial charge in [-0.15, -0.1) is 11.3 Å². The highest BCUT2D eigenvalue weighted by Crippen LogP contribution is 2.29. The van der Waals surface area contributed by atoms with Crippen molar-refractivity contribution in [3.63, 3.8) is 0 Å². The maximum Gasteiger partial charge on any atom is 0.333 e. The van der Waals surface area contributed by atoms with Crippen molar-refractivity contribution in [3.05, 3.63) is 70.1 Å². The van der Waals surface area contributed by atoms with Crippen molar-refractivity contribution in [2.45, 2.75) is 29.9 Å². The minimum atomic E-state index is -4.07. The van der Waals surface area contributed by atoms with Gasteiger partial charge in [0.1, 0.15) is 4.21 Å². The number of nitrogens with one attached hydrogen (secondary N) is 3. The van der Waals surface area contributed by atoms with Gasteiger partial charge in [0.25, 0.3) is 15.9 Å². The zero-order valence-electron chi connectivity index (χ0n) is 21.5. The lowest BCUT2D eigenvalue weighted by molar-refractivity contribution is -0.117. The Bertz CT molecular complexity index is 1530. The predicted octanol–water partition coefficient (Wildman–Crippen LogP) is 4.54. The monoisotopic (exact) mass is 601 g/mol. The van der Waals surface area contributed by atoms with E-state index in [1.807, 2.05) is 16.9 Å². The van der Waals surface area contributed by atoms with Crippen LogP contribution in [0.5, 0.6) is 0 Å². The standard InChI is InChI=1S/C27H28ClN5O5S2/c28-23-10-11-25(39-23)40(37,38)31-27(36)30-19-4-7-21(8-5-19)33-24(34)17-18-16-20(6-9-22(18)26(33)35)29-12-3-15-32-13-1-2-14-32/h4-11,16,29H,1-3,12-15,17H2,(H2,30,31,36). The van der Waals surface area contributed by atoms with Crippen LogP contribution in [0.25, 0.3) is 0 Å². The molecule has 3 aromatic rings. The molecule has 4 amide bonds. The van der Waals surface area contributed by atoms with Crippen LogP contribution in [-0.2, 0) is 21.2 Å². The summed E-state index contributed by atoms with van der Waals surface area (Å²) in [5.74, 6) is -0.783. The van der Waals surface area contributed by atoms with Crippen molar-refractivity contribution >= 4 is 67.9 Å². The van der Waals surface area contributed by atoms with E-state index in [0.717, 1.165) is 41.4 Å². The molecule has 0 radical (unpaired) electrons. The molecular formula is C27H28ClN5O5S2. The average molecular weight is 602 g/mol. The van der Waals surface area contributed by atoms with Gasteiger partial charge in [0.15, 0.2) is 0 Å². The van der Waals surface area contributed by atoms with E-state index in [1.165, 1.54) is 62.3 Å². The molecule has 3 heterocycles. The zero-order chi connectivity index (χ0) is 28.3. The number of hydrogen-bond donors (Lipinski definition) is 3. The lowest BCUT2D eigenvalue weighted by Crippen LogP contribution is -2.42. The van der Waals surface area contributed by atoms with Gasteiger partial charge < -0.3 is 15.5 Å². The van der Waals surface area contributed by atoms with E-state index in [9.17, 15) is 22.8 Å². The normalized spacial score (nSPS) is 15.7. The van der Waals surface area contributed by atoms with Crippen LogP contribution in [-0.4, -0.2) is 57.3 Å². The second-order valence-corrected chi connectivity index (χ2v) is 13.2. The molecule has 210 valence electrons. The Balaban J connectivity index is 1.19. The summed E-state index contributed by atoms with van der Waals surface area (Å²) in [6, 6.07) is 13.2. The van der Waals surface area contributed by atoms with Crippen LogP contribution in [0.1, 0.15) is 35.2 Å². The number of sulfonamides is 1. The van der Waals surface area contributed by atoms with Gasteiger partial charge in [-0.05, 0) is 99.1 Å². The Labute approximate surface area is 241 Å². The first-order valence-electron chi connectivity index (χ1n) is 12.9. The molecule has 0 saturated carbocycles. The number of thiophene rings is 1. The van der Waals surface area contributed by atoms with Gasteiger partial charge in [0, 0.05) is 23.5 Å². The number of hydrogen-bond acceptors (Lipinski definition) is 8. The molecule has 1 saturated heterocycles. The summed E-state index contributed by atoms with van der Waals surface area (Å²) in [4.78, 5) is 42.0. The number of halogens is 1. The minimum absolute atomic E-state index is 0.0807. The lowest BCUT2D eigenvalue weighted by Gasteiger charge is -2.27. The van der Waals surface area contributed by atoms with Gasteiger partial charge in [-0.3, -0.25) is 9.59 Å². The molecular weight excluding hydrogens is 574 g/mol. The van der Waals surface area contributed by atoms with Gasteiger partial charge >= 0.3 is 6.03 Å². The summed E-state index contributed by atoms with van der Waals surface area (Å²) in [7, 11) is -4.07. The molecule has 10 nitrogen and oxygen atoms in total. The van der Waals surface area contributed by atoms with Crippen LogP contribution in [0.2, 0.25) is 4.34 Å². The summed E-state index contributed by atoms with van der Waals surface area (Å²) >= 11 is 6.60. The average Bonchev–Trinajstić information content (AvgIpc) is 3.59. The molecule has 0 bridgehead atoms. The number of carbonyl (C=O) groups excluding carboxylic acids is 3. The summed E-state index contributed by atoms with van der Waals surface area (Å²) in [5.41, 5.74) is 2.64. The first-order valence-corrected chi connectivity index (χ1v) is 15.5. The number of urea groups is 1. The molecule has 1 aromatic heterocycles. The largest absolute Gasteiger partial charge is 0.385 e. The van der Waals surface area contributed by atoms with E-state index in [1.54, 1.807) is 6.07 Å². The number of likely N-dealkylation sites (tertiary alicyclic amines) is 1. The highest BCUT2D eigenvalue weighted by molar-refractivity contribution is 7.92. The fourth-order valence-corrected chi connectivity index (χ4v) is 7.19. The number of nitrogens with zero attached hydrogens (tertiary/aromatic N) is 2. The van der Waals surface area contributed by atoms with E-state index in [0.29, 0.717) is 16.8 Å². The van der Waals surface area contributed by atoms with Crippen LogP contribution in [0.15, 0.2) is 58.8 Å². The van der Waals surface area contributed by atoms with Crippen LogP contribution in [0, 0.1) is 0 Å². The summed E-state index contributed by atoms with van der Waals surface area (Å²) in [6.45, 7) is 4.22. The van der Waals surface area contributed by atoms with Gasteiger partial charge in [-0.25, -0.2) is 22.8 Å². The van der Waals surface area contributed by atoms with Crippen LogP contribution in [0.3, 0.4) is 0 Å². The Morgan fingerprint density at radius 3 is 2.40 bits per heavy atom. The first kappa shape index (κ1) is 28.1. The second kappa shape index (κ2) is 12.0. The van der Waals surface area contributed by atoms with Crippen molar-refractivity contribution in [1.82, 2.24) is 9.62 Å². The van der Waals surface area contributed by atoms with Gasteiger partial charge in [0.05, 0.1) is 16.4 Å². The first-order chi connectivity index (χ1) is 19.2. The Morgan fingerprint density at radius 2 is 1.70 bits per heavy atom. The van der Waals surface area contributed by atoms with Crippen LogP contribution < -0.4 is 20.3 Å². The molecule has 2 aliphatic heterocycles. The summed E-state index contributed by atoms with van der Waals surface area (Å²) < 4.78 is 26.7. The molecule has 40 heavy (non-hydrogen) atoms. The summed E-state index contributed by atoms with van der Waals surface area (Å²) in [5, 5.41) is 5.82. The smallest absolute Gasteiger partial charge is 0.333 e. The highest BCUT2D eigenvalue weighted by Gasteiger charge is 2.32. The maximum absolute atomic E-state index is 13.2. The number of fused-ring (bicyclic) bond motifs is 1. The van der Waals surface area contributed by atoms with E-state index in [4.69, 9.17) is 11.6 Å². The van der Waals surface area contributed by atoms with Crippen LogP contribution >= 0.6 is 22.9 Å². The molecule has 3 N–H and O–H groups in total. The fourth-order valence-electron chi connectivity index (χ4n) is 4.80. The third kappa shape index (κ3) is 6.47. The van der Waals surface area contributed by atoms with Crippen LogP contribution in [0.4, 0.5) is 21.9 Å². The molecule has 2 aromatic carbocycles. The third-order valence-corrected chi connectivity index (χ3v) is 9.79. The highest BCUT2D eigenvalue weighted by atomic mass is 35.5. The third-order valence-electron chi connectivity index (χ3n) is 6.73. The SMILES string of the molecule is O=C(Nc1ccc(N2C(=O)Cc3cc(NCCCN4CCCC4)ccc3C2=O)cc1)NS(=O)(=O)c1ccc(Cl)s1. The molecule has 0 aliphatic carbocycles. The van der Waals surface area contributed by atoms with Gasteiger partial charge in [0.2, 0.25) is 5.91 Å². The number of amides is 4. The van der Waals surface area contributed by atoms with E-state index in [-0.39, 0.29) is 26.6 Å². The fraction of sp³-hybridized carbons (Fsp3) is 0.296. The van der Waals surface area contributed by atoms with Crippen molar-refractivity contribution in [2.24, 2.45) is 0 Å².